The van der Waals surface area contributed by atoms with Crippen LogP contribution in [0.2, 0.25) is 0 Å². The van der Waals surface area contributed by atoms with E-state index in [0.29, 0.717) is 11.0 Å². The van der Waals surface area contributed by atoms with Crippen molar-refractivity contribution >= 4 is 22.4 Å². The van der Waals surface area contributed by atoms with Gasteiger partial charge in [0.15, 0.2) is 0 Å². The van der Waals surface area contributed by atoms with Crippen LogP contribution in [0.15, 0.2) is 0 Å². The van der Waals surface area contributed by atoms with Crippen molar-refractivity contribution in [1.29, 1.82) is 0 Å². The zero-order valence-electron chi connectivity index (χ0n) is 10.2. The van der Waals surface area contributed by atoms with Gasteiger partial charge in [-0.05, 0) is 11.8 Å². The van der Waals surface area contributed by atoms with E-state index in [0.717, 1.165) is 9.75 Å². The monoisotopic (exact) mass is 256 g/mol. The highest BCUT2D eigenvalue weighted by Gasteiger charge is 2.20. The van der Waals surface area contributed by atoms with E-state index < -0.39 is 11.9 Å². The lowest BCUT2D eigenvalue weighted by Gasteiger charge is -2.00. The van der Waals surface area contributed by atoms with Crippen molar-refractivity contribution < 1.29 is 8.78 Å². The van der Waals surface area contributed by atoms with Gasteiger partial charge in [-0.3, -0.25) is 0 Å². The molecule has 0 N–H and O–H groups in total. The van der Waals surface area contributed by atoms with E-state index in [2.05, 4.69) is 9.97 Å². The van der Waals surface area contributed by atoms with Crippen LogP contribution in [0.1, 0.15) is 49.3 Å². The highest BCUT2D eigenvalue weighted by atomic mass is 32.1. The average Bonchev–Trinajstić information content (AvgIpc) is 2.57. The Morgan fingerprint density at radius 2 is 1.18 bits per heavy atom. The van der Waals surface area contributed by atoms with Crippen molar-refractivity contribution in [2.24, 2.45) is 0 Å². The van der Waals surface area contributed by atoms with Gasteiger partial charge in [0.2, 0.25) is 0 Å². The summed E-state index contributed by atoms with van der Waals surface area (Å²) in [5.74, 6) is -1.77. The number of aromatic nitrogens is 2. The maximum atomic E-state index is 13.2. The van der Waals surface area contributed by atoms with Crippen LogP contribution in [0.5, 0.6) is 0 Å². The van der Waals surface area contributed by atoms with E-state index in [1.165, 1.54) is 0 Å². The molecule has 17 heavy (non-hydrogen) atoms. The van der Waals surface area contributed by atoms with Crippen molar-refractivity contribution in [3.05, 3.63) is 21.6 Å². The van der Waals surface area contributed by atoms with Crippen LogP contribution in [0, 0.1) is 11.9 Å². The van der Waals surface area contributed by atoms with E-state index in [1.54, 1.807) is 11.3 Å². The summed E-state index contributed by atoms with van der Waals surface area (Å²) in [6.07, 6.45) is 0. The maximum absolute atomic E-state index is 13.2. The third kappa shape index (κ3) is 2.04. The van der Waals surface area contributed by atoms with Crippen molar-refractivity contribution in [2.75, 3.05) is 0 Å². The van der Waals surface area contributed by atoms with Crippen LogP contribution in [0.4, 0.5) is 8.78 Å². The molecule has 5 heteroatoms. The highest BCUT2D eigenvalue weighted by Crippen LogP contribution is 2.37. The number of thiophene rings is 1. The second-order valence-electron chi connectivity index (χ2n) is 4.64. The van der Waals surface area contributed by atoms with E-state index in [4.69, 9.17) is 0 Å². The number of nitrogens with zero attached hydrogens (tertiary/aromatic N) is 2. The van der Waals surface area contributed by atoms with Gasteiger partial charge in [0.25, 0.3) is 11.9 Å². The van der Waals surface area contributed by atoms with Crippen molar-refractivity contribution in [3.8, 4) is 0 Å². The molecule has 0 bridgehead atoms. The molecule has 0 aliphatic carbocycles. The third-order valence-electron chi connectivity index (χ3n) is 2.55. The van der Waals surface area contributed by atoms with Gasteiger partial charge in [-0.2, -0.15) is 8.78 Å². The summed E-state index contributed by atoms with van der Waals surface area (Å²) in [5.41, 5.74) is 1.01. The van der Waals surface area contributed by atoms with Crippen molar-refractivity contribution in [2.45, 2.75) is 39.5 Å². The first kappa shape index (κ1) is 12.4. The second-order valence-corrected chi connectivity index (χ2v) is 5.73. The maximum Gasteiger partial charge on any atom is 0.269 e. The molecule has 0 unspecified atom stereocenters. The lowest BCUT2D eigenvalue weighted by Crippen LogP contribution is -1.97. The fourth-order valence-corrected chi connectivity index (χ4v) is 2.92. The van der Waals surface area contributed by atoms with Gasteiger partial charge >= 0.3 is 0 Å². The third-order valence-corrected chi connectivity index (χ3v) is 4.32. The van der Waals surface area contributed by atoms with Crippen LogP contribution in [-0.4, -0.2) is 9.97 Å². The fraction of sp³-hybridized carbons (Fsp3) is 0.500. The summed E-state index contributed by atoms with van der Waals surface area (Å²) in [7, 11) is 0. The Bertz CT molecular complexity index is 513. The zero-order valence-corrected chi connectivity index (χ0v) is 11.0. The van der Waals surface area contributed by atoms with E-state index in [-0.39, 0.29) is 11.8 Å². The van der Waals surface area contributed by atoms with Crippen LogP contribution in [0.25, 0.3) is 11.0 Å². The van der Waals surface area contributed by atoms with Gasteiger partial charge in [-0.1, -0.05) is 27.7 Å². The average molecular weight is 256 g/mol. The van der Waals surface area contributed by atoms with Gasteiger partial charge < -0.3 is 0 Å². The summed E-state index contributed by atoms with van der Waals surface area (Å²) in [5, 5.41) is 0. The van der Waals surface area contributed by atoms with E-state index in [9.17, 15) is 8.78 Å². The van der Waals surface area contributed by atoms with Crippen LogP contribution < -0.4 is 0 Å². The molecular weight excluding hydrogens is 242 g/mol. The summed E-state index contributed by atoms with van der Waals surface area (Å²) in [4.78, 5) is 9.35. The first-order valence-electron chi connectivity index (χ1n) is 5.57. The minimum Gasteiger partial charge on any atom is -0.213 e. The quantitative estimate of drug-likeness (QED) is 0.804. The van der Waals surface area contributed by atoms with Gasteiger partial charge in [0, 0.05) is 9.75 Å². The van der Waals surface area contributed by atoms with Gasteiger partial charge in [0.1, 0.15) is 11.0 Å². The first-order chi connectivity index (χ1) is 7.91. The minimum atomic E-state index is -1.12. The molecule has 2 rings (SSSR count). The van der Waals surface area contributed by atoms with Crippen LogP contribution in [0.3, 0.4) is 0 Å². The van der Waals surface area contributed by atoms with Gasteiger partial charge in [0.05, 0.1) is 0 Å². The lowest BCUT2D eigenvalue weighted by molar-refractivity contribution is 0.459. The predicted octanol–water partition coefficient (Wildman–Crippen LogP) is 4.22. The normalized spacial score (nSPS) is 12.0. The number of fused-ring (bicyclic) bond motifs is 1. The van der Waals surface area contributed by atoms with E-state index in [1.807, 2.05) is 27.7 Å². The van der Waals surface area contributed by atoms with E-state index >= 15 is 0 Å². The molecule has 0 amide bonds. The number of rotatable bonds is 2. The second kappa shape index (κ2) is 4.29. The summed E-state index contributed by atoms with van der Waals surface area (Å²) in [6, 6.07) is 0. The first-order valence-corrected chi connectivity index (χ1v) is 6.38. The van der Waals surface area contributed by atoms with Crippen molar-refractivity contribution in [1.82, 2.24) is 9.97 Å². The SMILES string of the molecule is CC(C)c1sc(C(C)C)c2nc(F)c(F)nc12. The molecule has 0 aliphatic heterocycles. The molecule has 2 nitrogen and oxygen atoms in total. The standard InChI is InChI=1S/C12H14F2N2S/c1-5(2)9-7-8(10(17-9)6(3)4)16-12(14)11(13)15-7/h5-6H,1-4H3. The summed E-state index contributed by atoms with van der Waals surface area (Å²) >= 11 is 1.55. The largest absolute Gasteiger partial charge is 0.269 e. The molecule has 2 aromatic rings. The number of halogens is 2. The topological polar surface area (TPSA) is 25.8 Å². The molecule has 0 saturated heterocycles. The molecule has 0 aliphatic rings. The van der Waals surface area contributed by atoms with Gasteiger partial charge in [-0.25, -0.2) is 9.97 Å². The molecule has 0 saturated carbocycles. The molecule has 0 radical (unpaired) electrons. The zero-order chi connectivity index (χ0) is 12.7. The fourth-order valence-electron chi connectivity index (χ4n) is 1.74. The minimum absolute atomic E-state index is 0.231. The molecule has 92 valence electrons. The van der Waals surface area contributed by atoms with Crippen molar-refractivity contribution in [3.63, 3.8) is 0 Å². The number of hydrogen-bond donors (Lipinski definition) is 0. The Morgan fingerprint density at radius 1 is 0.824 bits per heavy atom. The summed E-state index contributed by atoms with van der Waals surface area (Å²) < 4.78 is 26.3. The van der Waals surface area contributed by atoms with Crippen LogP contribution in [-0.2, 0) is 0 Å². The summed E-state index contributed by atoms with van der Waals surface area (Å²) in [6.45, 7) is 8.05. The van der Waals surface area contributed by atoms with Crippen LogP contribution >= 0.6 is 11.3 Å². The van der Waals surface area contributed by atoms with Gasteiger partial charge in [-0.15, -0.1) is 11.3 Å². The Morgan fingerprint density at radius 3 is 1.47 bits per heavy atom. The molecule has 2 aromatic heterocycles. The molecule has 0 atom stereocenters. The molecule has 0 fully saturated rings. The molecule has 0 spiro atoms. The molecule has 0 aromatic carbocycles. The Labute approximate surface area is 103 Å². The number of hydrogen-bond acceptors (Lipinski definition) is 3. The predicted molar refractivity (Wildman–Crippen MR) is 65.5 cm³/mol. The molecular formula is C12H14F2N2S. The highest BCUT2D eigenvalue weighted by molar-refractivity contribution is 7.13. The molecule has 2 heterocycles. The Hall–Kier alpha value is -1.10. The Kier molecular flexibility index (Phi) is 3.12. The Balaban J connectivity index is 2.81. The lowest BCUT2D eigenvalue weighted by atomic mass is 10.1. The smallest absolute Gasteiger partial charge is 0.213 e.